The Hall–Kier alpha value is -2.49. The second-order valence-corrected chi connectivity index (χ2v) is 6.63. The molecule has 0 saturated heterocycles. The second-order valence-electron chi connectivity index (χ2n) is 6.63. The first kappa shape index (κ1) is 14.4. The third-order valence-corrected chi connectivity index (χ3v) is 3.87. The van der Waals surface area contributed by atoms with E-state index in [-0.39, 0.29) is 5.41 Å². The maximum absolute atomic E-state index is 11.3. The number of rotatable bonds is 2. The summed E-state index contributed by atoms with van der Waals surface area (Å²) in [4.78, 5) is 15.9. The fourth-order valence-electron chi connectivity index (χ4n) is 2.54. The van der Waals surface area contributed by atoms with Gasteiger partial charge in [-0.1, -0.05) is 45.0 Å². The van der Waals surface area contributed by atoms with Gasteiger partial charge in [0.05, 0.1) is 0 Å². The third kappa shape index (κ3) is 2.41. The zero-order valence-electron chi connectivity index (χ0n) is 13.3. The van der Waals surface area contributed by atoms with Crippen LogP contribution in [-0.4, -0.2) is 9.38 Å². The summed E-state index contributed by atoms with van der Waals surface area (Å²) in [7, 11) is 0. The van der Waals surface area contributed by atoms with E-state index in [1.54, 1.807) is 4.40 Å². The van der Waals surface area contributed by atoms with Crippen LogP contribution in [0.15, 0.2) is 47.8 Å². The van der Waals surface area contributed by atoms with Crippen LogP contribution in [-0.2, 0) is 5.41 Å². The molecule has 0 spiro atoms. The molecule has 0 atom stereocenters. The van der Waals surface area contributed by atoms with Gasteiger partial charge in [-0.15, -0.1) is 4.91 Å². The number of nitrogens with zero attached hydrogens (tertiary/aromatic N) is 3. The van der Waals surface area contributed by atoms with Crippen molar-refractivity contribution in [3.63, 3.8) is 0 Å². The van der Waals surface area contributed by atoms with Gasteiger partial charge in [-0.05, 0) is 40.8 Å². The molecule has 112 valence electrons. The zero-order chi connectivity index (χ0) is 15.9. The van der Waals surface area contributed by atoms with E-state index in [1.807, 2.05) is 37.4 Å². The first-order valence-electron chi connectivity index (χ1n) is 7.33. The van der Waals surface area contributed by atoms with Crippen LogP contribution < -0.4 is 0 Å². The molecule has 3 aromatic rings. The Bertz CT molecular complexity index is 839. The predicted molar refractivity (Wildman–Crippen MR) is 89.5 cm³/mol. The molecule has 0 bridgehead atoms. The normalized spacial score (nSPS) is 11.8. The summed E-state index contributed by atoms with van der Waals surface area (Å²) >= 11 is 0. The fraction of sp³-hybridized carbons (Fsp3) is 0.278. The van der Waals surface area contributed by atoms with E-state index in [0.717, 1.165) is 16.8 Å². The maximum atomic E-state index is 11.3. The molecule has 4 heteroatoms. The Labute approximate surface area is 129 Å². The minimum atomic E-state index is 0.0975. The summed E-state index contributed by atoms with van der Waals surface area (Å²) in [5.74, 6) is 0.346. The van der Waals surface area contributed by atoms with E-state index in [0.29, 0.717) is 11.5 Å². The molecule has 0 unspecified atom stereocenters. The Morgan fingerprint density at radius 2 is 1.77 bits per heavy atom. The number of hydrogen-bond donors (Lipinski definition) is 0. The first-order valence-corrected chi connectivity index (χ1v) is 7.33. The van der Waals surface area contributed by atoms with Crippen LogP contribution in [0.25, 0.3) is 16.9 Å². The molecule has 0 amide bonds. The van der Waals surface area contributed by atoms with Crippen molar-refractivity contribution < 1.29 is 0 Å². The van der Waals surface area contributed by atoms with Gasteiger partial charge < -0.3 is 0 Å². The molecule has 2 heterocycles. The summed E-state index contributed by atoms with van der Waals surface area (Å²) in [5.41, 5.74) is 4.72. The Kier molecular flexibility index (Phi) is 3.32. The lowest BCUT2D eigenvalue weighted by atomic mass is 9.86. The van der Waals surface area contributed by atoms with Crippen LogP contribution in [0, 0.1) is 11.8 Å². The monoisotopic (exact) mass is 293 g/mol. The van der Waals surface area contributed by atoms with E-state index in [9.17, 15) is 4.91 Å². The fourth-order valence-corrected chi connectivity index (χ4v) is 2.54. The largest absolute Gasteiger partial charge is 0.281 e. The van der Waals surface area contributed by atoms with E-state index < -0.39 is 0 Å². The van der Waals surface area contributed by atoms with Crippen molar-refractivity contribution in [3.05, 3.63) is 58.6 Å². The van der Waals surface area contributed by atoms with E-state index in [1.165, 1.54) is 5.56 Å². The van der Waals surface area contributed by atoms with E-state index in [4.69, 9.17) is 0 Å². The smallest absolute Gasteiger partial charge is 0.209 e. The molecule has 0 aliphatic heterocycles. The summed E-state index contributed by atoms with van der Waals surface area (Å²) in [6.45, 7) is 8.52. The number of imidazole rings is 1. The van der Waals surface area contributed by atoms with Crippen LogP contribution in [0.1, 0.15) is 31.9 Å². The van der Waals surface area contributed by atoms with Gasteiger partial charge in [-0.3, -0.25) is 4.40 Å². The summed E-state index contributed by atoms with van der Waals surface area (Å²) in [6, 6.07) is 12.1. The van der Waals surface area contributed by atoms with Gasteiger partial charge in [-0.25, -0.2) is 4.98 Å². The van der Waals surface area contributed by atoms with Crippen LogP contribution in [0.4, 0.5) is 5.82 Å². The van der Waals surface area contributed by atoms with Crippen LogP contribution in [0.3, 0.4) is 0 Å². The van der Waals surface area contributed by atoms with Crippen LogP contribution in [0.2, 0.25) is 0 Å². The zero-order valence-corrected chi connectivity index (χ0v) is 13.3. The van der Waals surface area contributed by atoms with Crippen molar-refractivity contribution in [2.24, 2.45) is 5.18 Å². The molecule has 3 rings (SSSR count). The third-order valence-electron chi connectivity index (χ3n) is 3.87. The van der Waals surface area contributed by atoms with Crippen molar-refractivity contribution in [2.75, 3.05) is 0 Å². The molecule has 0 aliphatic carbocycles. The highest BCUT2D eigenvalue weighted by molar-refractivity contribution is 5.74. The molecule has 0 fully saturated rings. The van der Waals surface area contributed by atoms with Crippen molar-refractivity contribution in [1.82, 2.24) is 9.38 Å². The van der Waals surface area contributed by atoms with Gasteiger partial charge in [0.1, 0.15) is 11.3 Å². The lowest BCUT2D eigenvalue weighted by Crippen LogP contribution is -2.10. The molecule has 22 heavy (non-hydrogen) atoms. The lowest BCUT2D eigenvalue weighted by molar-refractivity contribution is 0.590. The quantitative estimate of drug-likeness (QED) is 0.624. The molecule has 0 N–H and O–H groups in total. The molecule has 0 aliphatic rings. The Morgan fingerprint density at radius 1 is 1.09 bits per heavy atom. The average molecular weight is 293 g/mol. The average Bonchev–Trinajstić information content (AvgIpc) is 2.84. The molecule has 0 radical (unpaired) electrons. The topological polar surface area (TPSA) is 46.7 Å². The SMILES string of the molecule is Cc1ccn2c(N=O)c(-c3ccc(C(C)(C)C)cc3)nc2c1. The number of pyridine rings is 1. The molecular weight excluding hydrogens is 274 g/mol. The minimum absolute atomic E-state index is 0.0975. The van der Waals surface area contributed by atoms with Crippen LogP contribution in [0.5, 0.6) is 0 Å². The first-order chi connectivity index (χ1) is 10.4. The summed E-state index contributed by atoms with van der Waals surface area (Å²) in [6.07, 6.45) is 1.83. The highest BCUT2D eigenvalue weighted by Gasteiger charge is 2.17. The molecule has 4 nitrogen and oxygen atoms in total. The van der Waals surface area contributed by atoms with E-state index in [2.05, 4.69) is 43.1 Å². The van der Waals surface area contributed by atoms with Gasteiger partial charge >= 0.3 is 0 Å². The maximum Gasteiger partial charge on any atom is 0.209 e. The lowest BCUT2D eigenvalue weighted by Gasteiger charge is -2.18. The number of nitroso groups, excluding NO2 is 1. The van der Waals surface area contributed by atoms with Gasteiger partial charge in [0.15, 0.2) is 0 Å². The molecular formula is C18H19N3O. The van der Waals surface area contributed by atoms with Gasteiger partial charge in [0.2, 0.25) is 5.82 Å². The number of aromatic nitrogens is 2. The summed E-state index contributed by atoms with van der Waals surface area (Å²) < 4.78 is 1.73. The second kappa shape index (κ2) is 5.05. The minimum Gasteiger partial charge on any atom is -0.281 e. The van der Waals surface area contributed by atoms with Crippen molar-refractivity contribution in [2.45, 2.75) is 33.1 Å². The molecule has 2 aromatic heterocycles. The number of benzene rings is 1. The van der Waals surface area contributed by atoms with Crippen molar-refractivity contribution >= 4 is 11.5 Å². The number of hydrogen-bond acceptors (Lipinski definition) is 3. The number of fused-ring (bicyclic) bond motifs is 1. The Balaban J connectivity index is 2.15. The van der Waals surface area contributed by atoms with Gasteiger partial charge in [0, 0.05) is 11.8 Å². The van der Waals surface area contributed by atoms with Crippen molar-refractivity contribution in [1.29, 1.82) is 0 Å². The molecule has 0 saturated carbocycles. The predicted octanol–water partition coefficient (Wildman–Crippen LogP) is 5.01. The highest BCUT2D eigenvalue weighted by atomic mass is 16.3. The van der Waals surface area contributed by atoms with E-state index >= 15 is 0 Å². The van der Waals surface area contributed by atoms with Gasteiger partial charge in [0.25, 0.3) is 0 Å². The van der Waals surface area contributed by atoms with Gasteiger partial charge in [-0.2, -0.15) is 0 Å². The Morgan fingerprint density at radius 3 is 2.36 bits per heavy atom. The highest BCUT2D eigenvalue weighted by Crippen LogP contribution is 2.32. The standard InChI is InChI=1S/C18H19N3O/c1-12-9-10-21-15(11-12)19-16(17(21)20-22)13-5-7-14(8-6-13)18(2,3)4/h5-11H,1-4H3. The van der Waals surface area contributed by atoms with Crippen LogP contribution >= 0.6 is 0 Å². The van der Waals surface area contributed by atoms with Crippen molar-refractivity contribution in [3.8, 4) is 11.3 Å². The number of aryl methyl sites for hydroxylation is 1. The summed E-state index contributed by atoms with van der Waals surface area (Å²) in [5, 5.41) is 3.19. The molecule has 1 aromatic carbocycles.